The summed E-state index contributed by atoms with van der Waals surface area (Å²) in [7, 11) is 0. The molecular weight excluding hydrogens is 392 g/mol. The van der Waals surface area contributed by atoms with Gasteiger partial charge in [-0.15, -0.1) is 0 Å². The molecule has 4 aliphatic carbocycles. The minimum atomic E-state index is -0.565. The second-order valence-corrected chi connectivity index (χ2v) is 14.3. The normalized spacial score (nSPS) is 52.6. The molecule has 0 amide bonds. The van der Waals surface area contributed by atoms with Crippen LogP contribution in [0.15, 0.2) is 0 Å². The molecule has 2 N–H and O–H groups in total. The van der Waals surface area contributed by atoms with Crippen molar-refractivity contribution in [3.8, 4) is 0 Å². The van der Waals surface area contributed by atoms with E-state index in [4.69, 9.17) is 0 Å². The Bertz CT molecular complexity index is 701. The molecule has 186 valence electrons. The van der Waals surface area contributed by atoms with Crippen LogP contribution < -0.4 is 0 Å². The summed E-state index contributed by atoms with van der Waals surface area (Å²) in [5.41, 5.74) is 0.377. The van der Waals surface area contributed by atoms with E-state index >= 15 is 0 Å². The highest BCUT2D eigenvalue weighted by atomic mass is 16.3. The van der Waals surface area contributed by atoms with E-state index in [-0.39, 0.29) is 33.2 Å². The Kier molecular flexibility index (Phi) is 6.24. The Balaban J connectivity index is 1.66. The third-order valence-corrected chi connectivity index (χ3v) is 13.4. The van der Waals surface area contributed by atoms with E-state index in [2.05, 4.69) is 48.5 Å². The number of unbranched alkanes of at least 4 members (excludes halogenated alkanes) is 3. The third kappa shape index (κ3) is 3.09. The fourth-order valence-electron chi connectivity index (χ4n) is 10.6. The Morgan fingerprint density at radius 2 is 1.44 bits per heavy atom. The Labute approximate surface area is 199 Å². The van der Waals surface area contributed by atoms with Crippen LogP contribution in [-0.2, 0) is 0 Å². The molecule has 32 heavy (non-hydrogen) atoms. The van der Waals surface area contributed by atoms with E-state index in [1.54, 1.807) is 0 Å². The van der Waals surface area contributed by atoms with Crippen LogP contribution >= 0.6 is 0 Å². The quantitative estimate of drug-likeness (QED) is 0.407. The highest BCUT2D eigenvalue weighted by Crippen LogP contribution is 2.79. The summed E-state index contributed by atoms with van der Waals surface area (Å²) in [6, 6.07) is 0. The molecule has 0 aromatic heterocycles. The number of fused-ring (bicyclic) bond motifs is 5. The summed E-state index contributed by atoms with van der Waals surface area (Å²) in [5.74, 6) is 0.941. The van der Waals surface area contributed by atoms with Gasteiger partial charge in [-0.25, -0.2) is 0 Å². The molecule has 0 bridgehead atoms. The predicted octanol–water partition coefficient (Wildman–Crippen LogP) is 7.90. The Morgan fingerprint density at radius 1 is 0.781 bits per heavy atom. The highest BCUT2D eigenvalue weighted by molar-refractivity contribution is 5.22. The van der Waals surface area contributed by atoms with E-state index < -0.39 is 5.60 Å². The van der Waals surface area contributed by atoms with E-state index in [0.717, 1.165) is 25.7 Å². The third-order valence-electron chi connectivity index (χ3n) is 13.4. The maximum Gasteiger partial charge on any atom is 0.0653 e. The van der Waals surface area contributed by atoms with Gasteiger partial charge in [-0.2, -0.15) is 0 Å². The first kappa shape index (κ1) is 25.0. The first-order chi connectivity index (χ1) is 14.8. The zero-order chi connectivity index (χ0) is 23.6. The zero-order valence-corrected chi connectivity index (χ0v) is 22.5. The van der Waals surface area contributed by atoms with Crippen LogP contribution in [0, 0.1) is 38.9 Å². The number of hydrogen-bond acceptors (Lipinski definition) is 2. The van der Waals surface area contributed by atoms with Crippen LogP contribution in [0.1, 0.15) is 138 Å². The summed E-state index contributed by atoms with van der Waals surface area (Å²) in [6.45, 7) is 17.1. The van der Waals surface area contributed by atoms with Crippen molar-refractivity contribution >= 4 is 0 Å². The van der Waals surface area contributed by atoms with Gasteiger partial charge in [0.05, 0.1) is 11.7 Å². The van der Waals surface area contributed by atoms with Crippen molar-refractivity contribution in [3.63, 3.8) is 0 Å². The number of rotatable bonds is 6. The molecule has 9 atom stereocenters. The SMILES string of the molecule is CCCCCC[C@](C)(O)C1CC[C@@]2(C)[C@@H]3C[C@H](O)[C@@]4(C)CCCC[C@]4(C)[C@@]3(C)CC[C@]12C. The van der Waals surface area contributed by atoms with Crippen molar-refractivity contribution in [1.29, 1.82) is 0 Å². The van der Waals surface area contributed by atoms with Gasteiger partial charge in [0, 0.05) is 0 Å². The standard InChI is InChI=1S/C30H54O2/c1-8-9-10-11-16-29(6,32)22-14-18-25(2)23-21-24(31)28(5)15-12-13-17-30(28,7)27(23,4)20-19-26(22,25)3/h22-24,31-32H,8-21H2,1-7H3/t22?,23-,24-,25-,26+,27-,28+,29-,30+/m0/s1. The molecule has 4 rings (SSSR count). The maximum absolute atomic E-state index is 11.8. The lowest BCUT2D eigenvalue weighted by molar-refractivity contribution is -0.273. The van der Waals surface area contributed by atoms with E-state index in [1.807, 2.05) is 0 Å². The van der Waals surface area contributed by atoms with Crippen LogP contribution in [0.5, 0.6) is 0 Å². The monoisotopic (exact) mass is 446 g/mol. The molecule has 2 nitrogen and oxygen atoms in total. The van der Waals surface area contributed by atoms with Gasteiger partial charge in [0.2, 0.25) is 0 Å². The summed E-state index contributed by atoms with van der Waals surface area (Å²) in [5, 5.41) is 23.4. The van der Waals surface area contributed by atoms with Crippen molar-refractivity contribution in [2.45, 2.75) is 150 Å². The molecule has 1 unspecified atom stereocenters. The average molecular weight is 447 g/mol. The number of aliphatic hydroxyl groups is 2. The zero-order valence-electron chi connectivity index (χ0n) is 22.5. The van der Waals surface area contributed by atoms with Crippen LogP contribution in [0.2, 0.25) is 0 Å². The van der Waals surface area contributed by atoms with Crippen molar-refractivity contribution in [2.24, 2.45) is 38.9 Å². The second kappa shape index (κ2) is 7.97. The fourth-order valence-corrected chi connectivity index (χ4v) is 10.6. The average Bonchev–Trinajstić information content (AvgIpc) is 3.02. The first-order valence-electron chi connectivity index (χ1n) is 14.2. The Hall–Kier alpha value is -0.0800. The molecule has 4 saturated carbocycles. The van der Waals surface area contributed by atoms with Gasteiger partial charge >= 0.3 is 0 Å². The maximum atomic E-state index is 11.8. The largest absolute Gasteiger partial charge is 0.393 e. The van der Waals surface area contributed by atoms with E-state index in [1.165, 1.54) is 64.2 Å². The van der Waals surface area contributed by atoms with Crippen LogP contribution in [0.4, 0.5) is 0 Å². The molecule has 0 aromatic carbocycles. The van der Waals surface area contributed by atoms with Crippen LogP contribution in [0.25, 0.3) is 0 Å². The molecule has 0 aliphatic heterocycles. The summed E-state index contributed by atoms with van der Waals surface area (Å²) in [4.78, 5) is 0. The minimum Gasteiger partial charge on any atom is -0.393 e. The molecule has 0 aromatic rings. The van der Waals surface area contributed by atoms with Gasteiger partial charge in [-0.1, -0.05) is 80.1 Å². The van der Waals surface area contributed by atoms with Gasteiger partial charge in [-0.3, -0.25) is 0 Å². The number of aliphatic hydroxyl groups excluding tert-OH is 1. The van der Waals surface area contributed by atoms with E-state index in [0.29, 0.717) is 11.8 Å². The second-order valence-electron chi connectivity index (χ2n) is 14.3. The van der Waals surface area contributed by atoms with Gasteiger partial charge in [-0.05, 0) is 97.2 Å². The van der Waals surface area contributed by atoms with Crippen LogP contribution in [-0.4, -0.2) is 21.9 Å². The molecule has 4 aliphatic rings. The van der Waals surface area contributed by atoms with E-state index in [9.17, 15) is 10.2 Å². The summed E-state index contributed by atoms with van der Waals surface area (Å²) in [6.07, 6.45) is 16.6. The smallest absolute Gasteiger partial charge is 0.0653 e. The lowest BCUT2D eigenvalue weighted by Crippen LogP contribution is -2.69. The molecule has 0 heterocycles. The molecular formula is C30H54O2. The Morgan fingerprint density at radius 3 is 2.12 bits per heavy atom. The molecule has 0 radical (unpaired) electrons. The number of hydrogen-bond donors (Lipinski definition) is 2. The summed E-state index contributed by atoms with van der Waals surface area (Å²) >= 11 is 0. The van der Waals surface area contributed by atoms with Gasteiger partial charge in [0.15, 0.2) is 0 Å². The van der Waals surface area contributed by atoms with Crippen molar-refractivity contribution in [1.82, 2.24) is 0 Å². The van der Waals surface area contributed by atoms with Gasteiger partial charge in [0.1, 0.15) is 0 Å². The predicted molar refractivity (Wildman–Crippen MR) is 134 cm³/mol. The van der Waals surface area contributed by atoms with Crippen LogP contribution in [0.3, 0.4) is 0 Å². The lowest BCUT2D eigenvalue weighted by Gasteiger charge is -2.73. The molecule has 2 heteroatoms. The molecule has 0 saturated heterocycles. The van der Waals surface area contributed by atoms with Crippen molar-refractivity contribution in [3.05, 3.63) is 0 Å². The van der Waals surface area contributed by atoms with Gasteiger partial charge in [0.25, 0.3) is 0 Å². The lowest BCUT2D eigenvalue weighted by atomic mass is 9.31. The molecule has 0 spiro atoms. The minimum absolute atomic E-state index is 0.0589. The fraction of sp³-hybridized carbons (Fsp3) is 1.00. The summed E-state index contributed by atoms with van der Waals surface area (Å²) < 4.78 is 0. The highest BCUT2D eigenvalue weighted by Gasteiger charge is 2.74. The topological polar surface area (TPSA) is 40.5 Å². The van der Waals surface area contributed by atoms with Crippen molar-refractivity contribution < 1.29 is 10.2 Å². The van der Waals surface area contributed by atoms with Gasteiger partial charge < -0.3 is 10.2 Å². The first-order valence-corrected chi connectivity index (χ1v) is 14.2. The molecule has 4 fully saturated rings. The van der Waals surface area contributed by atoms with Crippen molar-refractivity contribution in [2.75, 3.05) is 0 Å².